The molecule has 0 amide bonds. The second-order valence-electron chi connectivity index (χ2n) is 5.30. The van der Waals surface area contributed by atoms with E-state index in [1.165, 1.54) is 0 Å². The fraction of sp³-hybridized carbons (Fsp3) is 0.375. The van der Waals surface area contributed by atoms with Crippen LogP contribution in [0.3, 0.4) is 0 Å². The Hall–Kier alpha value is -1.95. The van der Waals surface area contributed by atoms with Crippen molar-refractivity contribution < 1.29 is 12.9 Å². The summed E-state index contributed by atoms with van der Waals surface area (Å²) in [6.07, 6.45) is 6.57. The van der Waals surface area contributed by atoms with E-state index in [0.717, 1.165) is 18.4 Å². The summed E-state index contributed by atoms with van der Waals surface area (Å²) in [5.41, 5.74) is 1.64. The highest BCUT2D eigenvalue weighted by Gasteiger charge is 2.19. The number of benzene rings is 1. The van der Waals surface area contributed by atoms with E-state index in [-0.39, 0.29) is 0 Å². The zero-order chi connectivity index (χ0) is 15.9. The zero-order valence-corrected chi connectivity index (χ0v) is 13.5. The van der Waals surface area contributed by atoms with Gasteiger partial charge in [-0.25, -0.2) is 8.42 Å². The van der Waals surface area contributed by atoms with Gasteiger partial charge in [0.2, 0.25) is 10.0 Å². The normalized spacial score (nSPS) is 13.4. The number of hydrogen-bond donors (Lipinski definition) is 1. The maximum absolute atomic E-state index is 11.2. The van der Waals surface area contributed by atoms with Gasteiger partial charge in [-0.05, 0) is 30.9 Å². The molecule has 21 heavy (non-hydrogen) atoms. The number of hydrogen-bond acceptors (Lipinski definition) is 2. The number of quaternary nitrogens is 1. The lowest BCUT2D eigenvalue weighted by atomic mass is 10.1. The molecule has 4 nitrogen and oxygen atoms in total. The van der Waals surface area contributed by atoms with Crippen LogP contribution >= 0.6 is 0 Å². The molecule has 0 saturated heterocycles. The lowest BCUT2D eigenvalue weighted by Crippen LogP contribution is -2.43. The van der Waals surface area contributed by atoms with Crippen LogP contribution in [0.4, 0.5) is 5.69 Å². The molecule has 0 fully saturated rings. The van der Waals surface area contributed by atoms with Gasteiger partial charge in [-0.2, -0.15) is 0 Å². The van der Waals surface area contributed by atoms with Crippen molar-refractivity contribution in [2.45, 2.75) is 13.5 Å². The molecule has 0 spiro atoms. The molecule has 1 N–H and O–H groups in total. The first-order valence-corrected chi connectivity index (χ1v) is 8.40. The Labute approximate surface area is 127 Å². The summed E-state index contributed by atoms with van der Waals surface area (Å²) in [6.45, 7) is 3.84. The van der Waals surface area contributed by atoms with Crippen LogP contribution < -0.4 is 4.72 Å². The van der Waals surface area contributed by atoms with E-state index in [4.69, 9.17) is 6.42 Å². The lowest BCUT2D eigenvalue weighted by molar-refractivity contribution is -0.909. The van der Waals surface area contributed by atoms with E-state index in [0.29, 0.717) is 23.3 Å². The van der Waals surface area contributed by atoms with Gasteiger partial charge < -0.3 is 4.48 Å². The maximum Gasteiger partial charge on any atom is 0.229 e. The highest BCUT2D eigenvalue weighted by atomic mass is 32.2. The molecule has 0 aromatic heterocycles. The quantitative estimate of drug-likeness (QED) is 0.642. The standard InChI is InChI=1S/C16H21N2O2S/c1-5-7-13-18(3,12-6-2)14-15-8-10-16(11-9-15)17-21(4,19)20/h2,8-11,17H,12-14H2,1,3-4H3/q+1. The topological polar surface area (TPSA) is 46.2 Å². The van der Waals surface area contributed by atoms with E-state index < -0.39 is 10.0 Å². The summed E-state index contributed by atoms with van der Waals surface area (Å²) >= 11 is 0. The molecule has 1 atom stereocenters. The minimum atomic E-state index is -3.24. The van der Waals surface area contributed by atoms with Gasteiger partial charge in [0.25, 0.3) is 0 Å². The number of terminal acetylenes is 1. The van der Waals surface area contributed by atoms with E-state index >= 15 is 0 Å². The Bertz CT molecular complexity index is 676. The summed E-state index contributed by atoms with van der Waals surface area (Å²) in [4.78, 5) is 0. The molecule has 1 unspecified atom stereocenters. The first kappa shape index (κ1) is 17.1. The van der Waals surface area contributed by atoms with Crippen LogP contribution in [-0.2, 0) is 16.6 Å². The first-order chi connectivity index (χ1) is 9.78. The average Bonchev–Trinajstić information content (AvgIpc) is 2.37. The van der Waals surface area contributed by atoms with Crippen LogP contribution in [0.25, 0.3) is 0 Å². The first-order valence-electron chi connectivity index (χ1n) is 6.51. The Balaban J connectivity index is 2.85. The molecule has 5 heteroatoms. The van der Waals surface area contributed by atoms with Crippen LogP contribution in [-0.4, -0.2) is 39.3 Å². The van der Waals surface area contributed by atoms with E-state index in [2.05, 4.69) is 29.5 Å². The molecule has 0 heterocycles. The predicted octanol–water partition coefficient (Wildman–Crippen LogP) is 1.66. The second kappa shape index (κ2) is 7.17. The molecule has 1 aromatic rings. The van der Waals surface area contributed by atoms with Gasteiger partial charge in [0, 0.05) is 11.3 Å². The minimum absolute atomic E-state index is 0.556. The fourth-order valence-corrected chi connectivity index (χ4v) is 2.56. The Morgan fingerprint density at radius 3 is 2.33 bits per heavy atom. The summed E-state index contributed by atoms with van der Waals surface area (Å²) in [5.74, 6) is 8.66. The van der Waals surface area contributed by atoms with E-state index in [1.807, 2.05) is 19.1 Å². The molecular formula is C16H21N2O2S+. The molecule has 0 saturated carbocycles. The number of rotatable bonds is 6. The summed E-state index contributed by atoms with van der Waals surface area (Å²) in [6, 6.07) is 7.31. The summed E-state index contributed by atoms with van der Waals surface area (Å²) in [7, 11) is -1.18. The van der Waals surface area contributed by atoms with Crippen molar-refractivity contribution in [1.82, 2.24) is 0 Å². The molecular weight excluding hydrogens is 284 g/mol. The monoisotopic (exact) mass is 305 g/mol. The summed E-state index contributed by atoms with van der Waals surface area (Å²) in [5, 5.41) is 0. The molecule has 0 bridgehead atoms. The molecule has 1 aromatic carbocycles. The van der Waals surface area contributed by atoms with Crippen molar-refractivity contribution in [3.05, 3.63) is 29.8 Å². The fourth-order valence-electron chi connectivity index (χ4n) is 1.99. The molecule has 0 aliphatic carbocycles. The van der Waals surface area contributed by atoms with Crippen molar-refractivity contribution in [2.75, 3.05) is 31.1 Å². The van der Waals surface area contributed by atoms with Crippen LogP contribution in [0.2, 0.25) is 0 Å². The Kier molecular flexibility index (Phi) is 5.84. The minimum Gasteiger partial charge on any atom is -0.302 e. The summed E-state index contributed by atoms with van der Waals surface area (Å²) < 4.78 is 25.4. The second-order valence-corrected chi connectivity index (χ2v) is 7.04. The third kappa shape index (κ3) is 6.35. The Morgan fingerprint density at radius 1 is 1.24 bits per heavy atom. The number of nitrogens with one attached hydrogen (secondary N) is 1. The van der Waals surface area contributed by atoms with Gasteiger partial charge in [0.15, 0.2) is 0 Å². The van der Waals surface area contributed by atoms with Crippen molar-refractivity contribution in [3.8, 4) is 24.2 Å². The van der Waals surface area contributed by atoms with Crippen LogP contribution in [0.5, 0.6) is 0 Å². The van der Waals surface area contributed by atoms with E-state index in [1.54, 1.807) is 12.1 Å². The SMILES string of the molecule is C#CC[N+](C)(CC#CC)Cc1ccc(NS(C)(=O)=O)cc1. The molecule has 0 radical (unpaired) electrons. The van der Waals surface area contributed by atoms with Gasteiger partial charge >= 0.3 is 0 Å². The third-order valence-electron chi connectivity index (χ3n) is 2.93. The molecule has 0 aliphatic heterocycles. The van der Waals surface area contributed by atoms with Crippen molar-refractivity contribution in [1.29, 1.82) is 0 Å². The zero-order valence-electron chi connectivity index (χ0n) is 12.7. The molecule has 112 valence electrons. The van der Waals surface area contributed by atoms with Gasteiger partial charge in [-0.15, -0.1) is 12.3 Å². The van der Waals surface area contributed by atoms with Gasteiger partial charge in [0.1, 0.15) is 19.6 Å². The van der Waals surface area contributed by atoms with E-state index in [9.17, 15) is 8.42 Å². The molecule has 0 aliphatic rings. The van der Waals surface area contributed by atoms with Crippen LogP contribution in [0.15, 0.2) is 24.3 Å². The smallest absolute Gasteiger partial charge is 0.229 e. The van der Waals surface area contributed by atoms with Crippen LogP contribution in [0.1, 0.15) is 12.5 Å². The third-order valence-corrected chi connectivity index (χ3v) is 3.54. The van der Waals surface area contributed by atoms with Gasteiger partial charge in [-0.3, -0.25) is 4.72 Å². The highest BCUT2D eigenvalue weighted by Crippen LogP contribution is 2.15. The highest BCUT2D eigenvalue weighted by molar-refractivity contribution is 7.92. The number of nitrogens with zero attached hydrogens (tertiary/aromatic N) is 1. The van der Waals surface area contributed by atoms with Crippen LogP contribution in [0, 0.1) is 24.2 Å². The molecule has 1 rings (SSSR count). The van der Waals surface area contributed by atoms with Crippen molar-refractivity contribution >= 4 is 15.7 Å². The Morgan fingerprint density at radius 2 is 1.86 bits per heavy atom. The van der Waals surface area contributed by atoms with Crippen molar-refractivity contribution in [2.24, 2.45) is 0 Å². The largest absolute Gasteiger partial charge is 0.302 e. The maximum atomic E-state index is 11.2. The number of anilines is 1. The van der Waals surface area contributed by atoms with Gasteiger partial charge in [-0.1, -0.05) is 12.1 Å². The van der Waals surface area contributed by atoms with Crippen molar-refractivity contribution in [3.63, 3.8) is 0 Å². The number of sulfonamides is 1. The van der Waals surface area contributed by atoms with Gasteiger partial charge in [0.05, 0.1) is 13.3 Å². The average molecular weight is 305 g/mol. The predicted molar refractivity (Wildman–Crippen MR) is 86.8 cm³/mol. The lowest BCUT2D eigenvalue weighted by Gasteiger charge is -2.30.